The van der Waals surface area contributed by atoms with E-state index in [2.05, 4.69) is 17.3 Å². The number of ether oxygens (including phenoxy) is 1. The maximum atomic E-state index is 12.2. The number of benzene rings is 2. The smallest absolute Gasteiger partial charge is 0.228 e. The number of amides is 1. The number of anilines is 1. The molecule has 1 unspecified atom stereocenters. The van der Waals surface area contributed by atoms with E-state index < -0.39 is 0 Å². The van der Waals surface area contributed by atoms with Gasteiger partial charge in [0.05, 0.1) is 19.1 Å². The number of halogens is 1. The van der Waals surface area contributed by atoms with Gasteiger partial charge in [-0.3, -0.25) is 4.79 Å². The molecule has 1 aliphatic heterocycles. The third-order valence-electron chi connectivity index (χ3n) is 4.14. The summed E-state index contributed by atoms with van der Waals surface area (Å²) in [6.45, 7) is 2.60. The van der Waals surface area contributed by atoms with Crippen LogP contribution in [0.3, 0.4) is 0 Å². The Morgan fingerprint density at radius 2 is 2.00 bits per heavy atom. The number of hydrogen-bond donors (Lipinski definition) is 1. The highest BCUT2D eigenvalue weighted by Gasteiger charge is 2.19. The Balaban J connectivity index is 1.59. The maximum absolute atomic E-state index is 12.2. The summed E-state index contributed by atoms with van der Waals surface area (Å²) < 4.78 is 5.80. The van der Waals surface area contributed by atoms with Crippen LogP contribution in [0.25, 0.3) is 0 Å². The van der Waals surface area contributed by atoms with Crippen LogP contribution in [0.5, 0.6) is 0 Å². The van der Waals surface area contributed by atoms with Crippen molar-refractivity contribution >= 4 is 23.2 Å². The average Bonchev–Trinajstić information content (AvgIpc) is 2.58. The van der Waals surface area contributed by atoms with Crippen molar-refractivity contribution in [3.8, 4) is 0 Å². The van der Waals surface area contributed by atoms with Crippen molar-refractivity contribution in [2.24, 2.45) is 0 Å². The van der Waals surface area contributed by atoms with Crippen molar-refractivity contribution in [1.82, 2.24) is 4.90 Å². The highest BCUT2D eigenvalue weighted by atomic mass is 35.5. The summed E-state index contributed by atoms with van der Waals surface area (Å²) in [5.74, 6) is -0.0792. The van der Waals surface area contributed by atoms with E-state index in [1.54, 1.807) is 6.07 Å². The fourth-order valence-corrected chi connectivity index (χ4v) is 2.98. The molecule has 1 atom stereocenters. The Morgan fingerprint density at radius 1 is 1.25 bits per heavy atom. The highest BCUT2D eigenvalue weighted by molar-refractivity contribution is 6.31. The normalized spacial score (nSPS) is 18.3. The molecule has 1 amide bonds. The molecular weight excluding hydrogens is 324 g/mol. The Labute approximate surface area is 147 Å². The van der Waals surface area contributed by atoms with Crippen molar-refractivity contribution in [2.75, 3.05) is 32.1 Å². The third-order valence-corrected chi connectivity index (χ3v) is 4.51. The third kappa shape index (κ3) is 4.35. The number of morpholine rings is 1. The van der Waals surface area contributed by atoms with E-state index in [4.69, 9.17) is 16.3 Å². The quantitative estimate of drug-likeness (QED) is 0.922. The molecule has 0 saturated carbocycles. The Hall–Kier alpha value is -1.88. The Morgan fingerprint density at radius 3 is 2.71 bits per heavy atom. The summed E-state index contributed by atoms with van der Waals surface area (Å²) in [6.07, 6.45) is 0.356. The van der Waals surface area contributed by atoms with Crippen molar-refractivity contribution in [2.45, 2.75) is 12.5 Å². The average molecular weight is 345 g/mol. The zero-order chi connectivity index (χ0) is 16.9. The highest BCUT2D eigenvalue weighted by Crippen LogP contribution is 2.23. The molecule has 1 N–H and O–H groups in total. The SMILES string of the molecule is CN1CCOC(c2ccc(NC(=O)Cc3ccccc3Cl)cc2)C1. The number of rotatable bonds is 4. The maximum Gasteiger partial charge on any atom is 0.228 e. The fourth-order valence-electron chi connectivity index (χ4n) is 2.78. The van der Waals surface area contributed by atoms with E-state index in [1.807, 2.05) is 42.5 Å². The van der Waals surface area contributed by atoms with Crippen molar-refractivity contribution < 1.29 is 9.53 Å². The standard InChI is InChI=1S/C19H21ClN2O2/c1-22-10-11-24-18(13-22)14-6-8-16(9-7-14)21-19(23)12-15-4-2-3-5-17(15)20/h2-9,18H,10-13H2,1H3,(H,21,23). The summed E-state index contributed by atoms with van der Waals surface area (Å²) in [4.78, 5) is 14.4. The van der Waals surface area contributed by atoms with Gasteiger partial charge >= 0.3 is 0 Å². The first-order valence-electron chi connectivity index (χ1n) is 8.05. The van der Waals surface area contributed by atoms with E-state index in [9.17, 15) is 4.79 Å². The molecule has 4 nitrogen and oxygen atoms in total. The lowest BCUT2D eigenvalue weighted by Gasteiger charge is -2.30. The molecular formula is C19H21ClN2O2. The van der Waals surface area contributed by atoms with E-state index in [-0.39, 0.29) is 18.4 Å². The molecule has 0 aliphatic carbocycles. The summed E-state index contributed by atoms with van der Waals surface area (Å²) in [7, 11) is 2.10. The van der Waals surface area contributed by atoms with Crippen molar-refractivity contribution in [1.29, 1.82) is 0 Å². The minimum Gasteiger partial charge on any atom is -0.371 e. The molecule has 0 radical (unpaired) electrons. The number of nitrogens with one attached hydrogen (secondary N) is 1. The molecule has 2 aromatic rings. The zero-order valence-corrected chi connectivity index (χ0v) is 14.4. The molecule has 126 valence electrons. The molecule has 2 aromatic carbocycles. The minimum absolute atomic E-state index is 0.0792. The van der Waals surface area contributed by atoms with Crippen LogP contribution in [-0.2, 0) is 16.0 Å². The van der Waals surface area contributed by atoms with Crippen LogP contribution >= 0.6 is 11.6 Å². The second kappa shape index (κ2) is 7.79. The summed E-state index contributed by atoms with van der Waals surface area (Å²) in [6, 6.07) is 15.2. The summed E-state index contributed by atoms with van der Waals surface area (Å²) >= 11 is 6.09. The van der Waals surface area contributed by atoms with E-state index >= 15 is 0 Å². The van der Waals surface area contributed by atoms with Gasteiger partial charge in [0.15, 0.2) is 0 Å². The van der Waals surface area contributed by atoms with E-state index in [0.29, 0.717) is 5.02 Å². The molecule has 3 rings (SSSR count). The van der Waals surface area contributed by atoms with Crippen LogP contribution in [0.2, 0.25) is 5.02 Å². The number of carbonyl (C=O) groups excluding carboxylic acids is 1. The molecule has 24 heavy (non-hydrogen) atoms. The van der Waals surface area contributed by atoms with Gasteiger partial charge in [0, 0.05) is 23.8 Å². The lowest BCUT2D eigenvalue weighted by Crippen LogP contribution is -2.35. The predicted octanol–water partition coefficient (Wildman–Crippen LogP) is 3.52. The first-order chi connectivity index (χ1) is 11.6. The van der Waals surface area contributed by atoms with Gasteiger partial charge in [0.1, 0.15) is 0 Å². The second-order valence-electron chi connectivity index (χ2n) is 6.06. The van der Waals surface area contributed by atoms with Crippen LogP contribution in [0.4, 0.5) is 5.69 Å². The minimum atomic E-state index is -0.0792. The number of carbonyl (C=O) groups is 1. The van der Waals surface area contributed by atoms with E-state index in [0.717, 1.165) is 36.5 Å². The lowest BCUT2D eigenvalue weighted by atomic mass is 10.1. The van der Waals surface area contributed by atoms with Crippen molar-refractivity contribution in [3.05, 3.63) is 64.7 Å². The molecule has 1 heterocycles. The van der Waals surface area contributed by atoms with Gasteiger partial charge in [-0.1, -0.05) is 41.9 Å². The molecule has 1 fully saturated rings. The number of likely N-dealkylation sites (N-methyl/N-ethyl adjacent to an activating group) is 1. The first-order valence-corrected chi connectivity index (χ1v) is 8.43. The van der Waals surface area contributed by atoms with Gasteiger partial charge in [-0.05, 0) is 36.4 Å². The van der Waals surface area contributed by atoms with Gasteiger partial charge in [0.25, 0.3) is 0 Å². The van der Waals surface area contributed by atoms with Gasteiger partial charge in [0.2, 0.25) is 5.91 Å². The number of nitrogens with zero attached hydrogens (tertiary/aromatic N) is 1. The first kappa shape index (κ1) is 17.0. The van der Waals surface area contributed by atoms with Crippen molar-refractivity contribution in [3.63, 3.8) is 0 Å². The second-order valence-corrected chi connectivity index (χ2v) is 6.47. The predicted molar refractivity (Wildman–Crippen MR) is 96.4 cm³/mol. The molecule has 1 saturated heterocycles. The summed E-state index contributed by atoms with van der Waals surface area (Å²) in [5.41, 5.74) is 2.73. The van der Waals surface area contributed by atoms with Crippen LogP contribution in [-0.4, -0.2) is 37.6 Å². The van der Waals surface area contributed by atoms with Gasteiger partial charge in [-0.15, -0.1) is 0 Å². The van der Waals surface area contributed by atoms with E-state index in [1.165, 1.54) is 0 Å². The van der Waals surface area contributed by atoms with Gasteiger partial charge in [-0.25, -0.2) is 0 Å². The Kier molecular flexibility index (Phi) is 5.51. The van der Waals surface area contributed by atoms with Crippen LogP contribution in [0, 0.1) is 0 Å². The van der Waals surface area contributed by atoms with Crippen LogP contribution in [0.15, 0.2) is 48.5 Å². The summed E-state index contributed by atoms with van der Waals surface area (Å²) in [5, 5.41) is 3.52. The number of hydrogen-bond acceptors (Lipinski definition) is 3. The largest absolute Gasteiger partial charge is 0.371 e. The zero-order valence-electron chi connectivity index (χ0n) is 13.7. The monoisotopic (exact) mass is 344 g/mol. The molecule has 0 bridgehead atoms. The lowest BCUT2D eigenvalue weighted by molar-refractivity contribution is -0.115. The van der Waals surface area contributed by atoms with Gasteiger partial charge < -0.3 is 15.0 Å². The van der Waals surface area contributed by atoms with Crippen LogP contribution < -0.4 is 5.32 Å². The van der Waals surface area contributed by atoms with Crippen LogP contribution in [0.1, 0.15) is 17.2 Å². The fraction of sp³-hybridized carbons (Fsp3) is 0.316. The molecule has 5 heteroatoms. The van der Waals surface area contributed by atoms with Gasteiger partial charge in [-0.2, -0.15) is 0 Å². The topological polar surface area (TPSA) is 41.6 Å². The Bertz CT molecular complexity index is 703. The molecule has 0 spiro atoms. The molecule has 0 aromatic heterocycles. The molecule has 1 aliphatic rings.